The number of rotatable bonds is 3. The van der Waals surface area contributed by atoms with E-state index in [9.17, 15) is 4.79 Å². The minimum absolute atomic E-state index is 0.0393. The smallest absolute Gasteiger partial charge is 0.265 e. The first-order chi connectivity index (χ1) is 6.75. The van der Waals surface area contributed by atoms with E-state index in [-0.39, 0.29) is 6.61 Å². The zero-order valence-electron chi connectivity index (χ0n) is 7.78. The van der Waals surface area contributed by atoms with Crippen molar-refractivity contribution in [1.82, 2.24) is 10.5 Å². The second kappa shape index (κ2) is 5.00. The van der Waals surface area contributed by atoms with Crippen LogP contribution in [0.1, 0.15) is 16.1 Å². The van der Waals surface area contributed by atoms with Crippen molar-refractivity contribution in [2.24, 2.45) is 0 Å². The van der Waals surface area contributed by atoms with Gasteiger partial charge < -0.3 is 0 Å². The molecular weight excluding hydrogens is 180 g/mol. The van der Waals surface area contributed by atoms with Crippen LogP contribution in [0.3, 0.4) is 0 Å². The number of carbonyl (C=O) groups is 1. The van der Waals surface area contributed by atoms with Gasteiger partial charge in [-0.05, 0) is 18.6 Å². The van der Waals surface area contributed by atoms with E-state index in [0.717, 1.165) is 5.56 Å². The molecule has 0 aliphatic rings. The Labute approximate surface area is 82.3 Å². The lowest BCUT2D eigenvalue weighted by Crippen LogP contribution is -2.25. The van der Waals surface area contributed by atoms with Crippen LogP contribution in [-0.2, 0) is 4.84 Å². The van der Waals surface area contributed by atoms with Crippen LogP contribution in [0.15, 0.2) is 18.3 Å². The van der Waals surface area contributed by atoms with Gasteiger partial charge in [0.25, 0.3) is 5.91 Å². The van der Waals surface area contributed by atoms with Crippen LogP contribution in [0.2, 0.25) is 0 Å². The Morgan fingerprint density at radius 2 is 2.57 bits per heavy atom. The van der Waals surface area contributed by atoms with Crippen LogP contribution >= 0.6 is 0 Å². The Balaban J connectivity index is 2.62. The van der Waals surface area contributed by atoms with E-state index in [2.05, 4.69) is 21.2 Å². The van der Waals surface area contributed by atoms with Gasteiger partial charge in [-0.1, -0.05) is 12.0 Å². The molecule has 4 heteroatoms. The molecule has 0 aromatic carbocycles. The third-order valence-corrected chi connectivity index (χ3v) is 1.54. The predicted octanol–water partition coefficient (Wildman–Crippen LogP) is 0.685. The van der Waals surface area contributed by atoms with E-state index in [0.29, 0.717) is 5.69 Å². The third kappa shape index (κ3) is 2.57. The van der Waals surface area contributed by atoms with Crippen molar-refractivity contribution in [2.45, 2.75) is 6.92 Å². The van der Waals surface area contributed by atoms with E-state index < -0.39 is 5.91 Å². The van der Waals surface area contributed by atoms with E-state index in [1.807, 2.05) is 0 Å². The summed E-state index contributed by atoms with van der Waals surface area (Å²) in [6, 6.07) is 3.55. The van der Waals surface area contributed by atoms with E-state index in [4.69, 9.17) is 6.42 Å². The van der Waals surface area contributed by atoms with Crippen LogP contribution in [0, 0.1) is 19.3 Å². The maximum absolute atomic E-state index is 11.4. The second-order valence-corrected chi connectivity index (χ2v) is 2.59. The topological polar surface area (TPSA) is 51.2 Å². The maximum Gasteiger partial charge on any atom is 0.293 e. The number of nitrogens with zero attached hydrogens (tertiary/aromatic N) is 1. The van der Waals surface area contributed by atoms with Crippen LogP contribution in [0.4, 0.5) is 0 Å². The molecule has 0 radical (unpaired) electrons. The minimum Gasteiger partial charge on any atom is -0.265 e. The average molecular weight is 190 g/mol. The van der Waals surface area contributed by atoms with Crippen molar-refractivity contribution in [3.63, 3.8) is 0 Å². The molecule has 1 heterocycles. The van der Waals surface area contributed by atoms with Gasteiger partial charge in [-0.15, -0.1) is 6.42 Å². The number of hydrogen-bond acceptors (Lipinski definition) is 3. The number of hydrogen-bond donors (Lipinski definition) is 1. The molecule has 0 bridgehead atoms. The number of aromatic nitrogens is 1. The van der Waals surface area contributed by atoms with E-state index in [1.54, 1.807) is 25.3 Å². The first-order valence-corrected chi connectivity index (χ1v) is 4.03. The van der Waals surface area contributed by atoms with Gasteiger partial charge in [0.15, 0.2) is 0 Å². The summed E-state index contributed by atoms with van der Waals surface area (Å²) in [5.74, 6) is 1.84. The molecule has 1 N–H and O–H groups in total. The monoisotopic (exact) mass is 190 g/mol. The van der Waals surface area contributed by atoms with Crippen molar-refractivity contribution in [1.29, 1.82) is 0 Å². The van der Waals surface area contributed by atoms with Gasteiger partial charge in [0.2, 0.25) is 0 Å². The van der Waals surface area contributed by atoms with Gasteiger partial charge in [0.1, 0.15) is 12.3 Å². The molecule has 4 nitrogen and oxygen atoms in total. The minimum atomic E-state index is -0.390. The summed E-state index contributed by atoms with van der Waals surface area (Å²) in [4.78, 5) is 20.0. The lowest BCUT2D eigenvalue weighted by atomic mass is 10.2. The summed E-state index contributed by atoms with van der Waals surface area (Å²) in [6.45, 7) is 1.83. The highest BCUT2D eigenvalue weighted by atomic mass is 16.6. The fraction of sp³-hybridized carbons (Fsp3) is 0.200. The molecule has 1 aromatic heterocycles. The van der Waals surface area contributed by atoms with Crippen LogP contribution in [0.5, 0.6) is 0 Å². The first kappa shape index (κ1) is 10.2. The van der Waals surface area contributed by atoms with Crippen molar-refractivity contribution in [3.8, 4) is 12.3 Å². The molecule has 0 aliphatic carbocycles. The second-order valence-electron chi connectivity index (χ2n) is 2.59. The number of pyridine rings is 1. The third-order valence-electron chi connectivity index (χ3n) is 1.54. The molecule has 0 atom stereocenters. The SMILES string of the molecule is C#CCONC(=O)c1ncccc1C. The quantitative estimate of drug-likeness (QED) is 0.433. The number of carbonyl (C=O) groups excluding carboxylic acids is 1. The highest BCUT2D eigenvalue weighted by Gasteiger charge is 2.08. The summed E-state index contributed by atoms with van der Waals surface area (Å²) in [5.41, 5.74) is 3.32. The Kier molecular flexibility index (Phi) is 3.65. The Hall–Kier alpha value is -1.86. The van der Waals surface area contributed by atoms with Gasteiger partial charge in [-0.2, -0.15) is 0 Å². The number of aryl methyl sites for hydroxylation is 1. The van der Waals surface area contributed by atoms with Crippen molar-refractivity contribution < 1.29 is 9.63 Å². The molecular formula is C10H10N2O2. The molecule has 0 unspecified atom stereocenters. The van der Waals surface area contributed by atoms with Crippen molar-refractivity contribution in [2.75, 3.05) is 6.61 Å². The van der Waals surface area contributed by atoms with Crippen molar-refractivity contribution >= 4 is 5.91 Å². The van der Waals surface area contributed by atoms with Gasteiger partial charge in [0.05, 0.1) is 0 Å². The molecule has 1 aromatic rings. The summed E-state index contributed by atoms with van der Waals surface area (Å²) in [7, 11) is 0. The molecule has 14 heavy (non-hydrogen) atoms. The lowest BCUT2D eigenvalue weighted by molar-refractivity contribution is 0.0432. The molecule has 0 saturated heterocycles. The highest BCUT2D eigenvalue weighted by Crippen LogP contribution is 2.02. The molecule has 0 aliphatic heterocycles. The predicted molar refractivity (Wildman–Crippen MR) is 51.2 cm³/mol. The number of terminal acetylenes is 1. The van der Waals surface area contributed by atoms with Gasteiger partial charge >= 0.3 is 0 Å². The molecule has 0 saturated carbocycles. The summed E-state index contributed by atoms with van der Waals surface area (Å²) in [5, 5.41) is 0. The molecule has 72 valence electrons. The van der Waals surface area contributed by atoms with Gasteiger partial charge in [-0.25, -0.2) is 5.48 Å². The molecule has 0 spiro atoms. The number of hydroxylamine groups is 1. The first-order valence-electron chi connectivity index (χ1n) is 4.03. The lowest BCUT2D eigenvalue weighted by Gasteiger charge is -2.04. The number of amides is 1. The zero-order valence-corrected chi connectivity index (χ0v) is 7.78. The maximum atomic E-state index is 11.4. The Morgan fingerprint density at radius 1 is 1.79 bits per heavy atom. The van der Waals surface area contributed by atoms with E-state index in [1.165, 1.54) is 0 Å². The molecule has 1 rings (SSSR count). The average Bonchev–Trinajstić information content (AvgIpc) is 2.18. The van der Waals surface area contributed by atoms with E-state index >= 15 is 0 Å². The van der Waals surface area contributed by atoms with Crippen LogP contribution in [-0.4, -0.2) is 17.5 Å². The Morgan fingerprint density at radius 3 is 3.21 bits per heavy atom. The fourth-order valence-corrected chi connectivity index (χ4v) is 0.915. The molecule has 0 fully saturated rings. The standard InChI is InChI=1S/C10H10N2O2/c1-3-7-14-12-10(13)9-8(2)5-4-6-11-9/h1,4-6H,7H2,2H3,(H,12,13). The van der Waals surface area contributed by atoms with Crippen LogP contribution in [0.25, 0.3) is 0 Å². The highest BCUT2D eigenvalue weighted by molar-refractivity contribution is 5.92. The summed E-state index contributed by atoms with van der Waals surface area (Å²) >= 11 is 0. The number of nitrogens with one attached hydrogen (secondary N) is 1. The fourth-order valence-electron chi connectivity index (χ4n) is 0.915. The normalized spacial score (nSPS) is 9.14. The molecule has 1 amide bonds. The zero-order chi connectivity index (χ0) is 10.4. The van der Waals surface area contributed by atoms with Gasteiger partial charge in [0, 0.05) is 6.20 Å². The summed E-state index contributed by atoms with van der Waals surface area (Å²) < 4.78 is 0. The largest absolute Gasteiger partial charge is 0.293 e. The van der Waals surface area contributed by atoms with Crippen molar-refractivity contribution in [3.05, 3.63) is 29.6 Å². The van der Waals surface area contributed by atoms with Gasteiger partial charge in [-0.3, -0.25) is 14.6 Å². The van der Waals surface area contributed by atoms with Crippen LogP contribution < -0.4 is 5.48 Å². The summed E-state index contributed by atoms with van der Waals surface area (Å²) in [6.07, 6.45) is 6.49. The Bertz CT molecular complexity index is 369.